The van der Waals surface area contributed by atoms with Crippen molar-refractivity contribution in [2.24, 2.45) is 0 Å². The van der Waals surface area contributed by atoms with Crippen LogP contribution in [-0.4, -0.2) is 38.8 Å². The van der Waals surface area contributed by atoms with E-state index in [4.69, 9.17) is 0 Å². The summed E-state index contributed by atoms with van der Waals surface area (Å²) in [4.78, 5) is 18.6. The van der Waals surface area contributed by atoms with E-state index in [-0.39, 0.29) is 12.1 Å². The molecule has 0 unspecified atom stereocenters. The Morgan fingerprint density at radius 3 is 2.74 bits per heavy atom. The first-order valence-electron chi connectivity index (χ1n) is 8.04. The van der Waals surface area contributed by atoms with Crippen molar-refractivity contribution in [2.45, 2.75) is 39.5 Å². The average Bonchev–Trinajstić information content (AvgIpc) is 2.55. The van der Waals surface area contributed by atoms with E-state index in [0.717, 1.165) is 25.2 Å². The zero-order valence-electron chi connectivity index (χ0n) is 13.7. The number of rotatable bonds is 4. The van der Waals surface area contributed by atoms with E-state index >= 15 is 0 Å². The molecule has 1 aromatic heterocycles. The van der Waals surface area contributed by atoms with Crippen molar-refractivity contribution in [3.63, 3.8) is 0 Å². The lowest BCUT2D eigenvalue weighted by molar-refractivity contribution is 0.0906. The summed E-state index contributed by atoms with van der Waals surface area (Å²) in [7, 11) is 0. The highest BCUT2D eigenvalue weighted by Gasteiger charge is 2.19. The maximum atomic E-state index is 12.2. The van der Waals surface area contributed by atoms with Gasteiger partial charge in [-0.3, -0.25) is 14.3 Å². The first kappa shape index (κ1) is 15.9. The summed E-state index contributed by atoms with van der Waals surface area (Å²) >= 11 is 0. The zero-order chi connectivity index (χ0) is 16.4. The standard InChI is InChI=1S/C18H23N3O2/c1-13-14(2)19-12-21(18(13)23)11-17(22)10-20-8-7-15-5-3-4-6-16(15)9-20/h3-6,12,17,22H,7-11H2,1-2H3/t17-/m1/s1. The van der Waals surface area contributed by atoms with Crippen LogP contribution in [-0.2, 0) is 19.5 Å². The van der Waals surface area contributed by atoms with Gasteiger partial charge in [0.1, 0.15) is 0 Å². The van der Waals surface area contributed by atoms with Gasteiger partial charge in [-0.25, -0.2) is 4.98 Å². The quantitative estimate of drug-likeness (QED) is 0.924. The fraction of sp³-hybridized carbons (Fsp3) is 0.444. The predicted molar refractivity (Wildman–Crippen MR) is 89.4 cm³/mol. The number of hydrogen-bond acceptors (Lipinski definition) is 4. The second-order valence-electron chi connectivity index (χ2n) is 6.32. The second kappa shape index (κ2) is 6.64. The summed E-state index contributed by atoms with van der Waals surface area (Å²) in [5.74, 6) is 0. The minimum absolute atomic E-state index is 0.0689. The SMILES string of the molecule is Cc1ncn(C[C@H](O)CN2CCc3ccccc3C2)c(=O)c1C. The predicted octanol–water partition coefficient (Wildman–Crippen LogP) is 1.28. The van der Waals surface area contributed by atoms with Gasteiger partial charge in [-0.15, -0.1) is 0 Å². The van der Waals surface area contributed by atoms with Gasteiger partial charge in [0.05, 0.1) is 19.0 Å². The fourth-order valence-corrected chi connectivity index (χ4v) is 3.10. The molecular weight excluding hydrogens is 290 g/mol. The third-order valence-corrected chi connectivity index (χ3v) is 4.60. The highest BCUT2D eigenvalue weighted by molar-refractivity contribution is 5.29. The molecule has 122 valence electrons. The molecule has 1 atom stereocenters. The molecule has 5 heteroatoms. The smallest absolute Gasteiger partial charge is 0.256 e. The first-order valence-corrected chi connectivity index (χ1v) is 8.04. The molecule has 1 aliphatic rings. The van der Waals surface area contributed by atoms with Crippen molar-refractivity contribution in [3.05, 3.63) is 63.3 Å². The van der Waals surface area contributed by atoms with Gasteiger partial charge in [0.15, 0.2) is 0 Å². The maximum Gasteiger partial charge on any atom is 0.256 e. The number of aliphatic hydroxyl groups excluding tert-OH is 1. The zero-order valence-corrected chi connectivity index (χ0v) is 13.7. The van der Waals surface area contributed by atoms with Gasteiger partial charge in [0.25, 0.3) is 5.56 Å². The summed E-state index contributed by atoms with van der Waals surface area (Å²) in [6.45, 7) is 6.23. The first-order chi connectivity index (χ1) is 11.0. The van der Waals surface area contributed by atoms with E-state index in [2.05, 4.69) is 34.1 Å². The highest BCUT2D eigenvalue weighted by atomic mass is 16.3. The molecule has 1 aliphatic heterocycles. The van der Waals surface area contributed by atoms with Gasteiger partial charge >= 0.3 is 0 Å². The van der Waals surface area contributed by atoms with Crippen LogP contribution in [0.25, 0.3) is 0 Å². The summed E-state index contributed by atoms with van der Waals surface area (Å²) in [6.07, 6.45) is 1.95. The molecule has 0 aliphatic carbocycles. The lowest BCUT2D eigenvalue weighted by Gasteiger charge is -2.30. The van der Waals surface area contributed by atoms with Crippen molar-refractivity contribution in [3.8, 4) is 0 Å². The summed E-state index contributed by atoms with van der Waals surface area (Å²) in [6, 6.07) is 8.44. The van der Waals surface area contributed by atoms with Crippen LogP contribution in [0.15, 0.2) is 35.4 Å². The van der Waals surface area contributed by atoms with Crippen molar-refractivity contribution in [2.75, 3.05) is 13.1 Å². The van der Waals surface area contributed by atoms with Crippen molar-refractivity contribution >= 4 is 0 Å². The lowest BCUT2D eigenvalue weighted by Crippen LogP contribution is -2.39. The average molecular weight is 313 g/mol. The molecule has 0 bridgehead atoms. The highest BCUT2D eigenvalue weighted by Crippen LogP contribution is 2.18. The third kappa shape index (κ3) is 3.51. The monoisotopic (exact) mass is 313 g/mol. The van der Waals surface area contributed by atoms with Gasteiger partial charge < -0.3 is 5.11 Å². The van der Waals surface area contributed by atoms with Gasteiger partial charge in [-0.1, -0.05) is 24.3 Å². The van der Waals surface area contributed by atoms with E-state index in [1.807, 2.05) is 6.92 Å². The van der Waals surface area contributed by atoms with Crippen molar-refractivity contribution < 1.29 is 5.11 Å². The van der Waals surface area contributed by atoms with E-state index in [1.54, 1.807) is 6.92 Å². The van der Waals surface area contributed by atoms with Gasteiger partial charge in [0.2, 0.25) is 0 Å². The normalized spacial score (nSPS) is 16.1. The Labute approximate surface area is 136 Å². The fourth-order valence-electron chi connectivity index (χ4n) is 3.10. The maximum absolute atomic E-state index is 12.2. The van der Waals surface area contributed by atoms with Crippen molar-refractivity contribution in [1.29, 1.82) is 0 Å². The molecule has 3 rings (SSSR count). The Hall–Kier alpha value is -1.98. The van der Waals surface area contributed by atoms with Crippen molar-refractivity contribution in [1.82, 2.24) is 14.5 Å². The Morgan fingerprint density at radius 2 is 1.96 bits per heavy atom. The molecule has 1 aromatic carbocycles. The van der Waals surface area contributed by atoms with Crippen LogP contribution in [0.5, 0.6) is 0 Å². The number of fused-ring (bicyclic) bond motifs is 1. The molecular formula is C18H23N3O2. The Morgan fingerprint density at radius 1 is 1.22 bits per heavy atom. The number of benzene rings is 1. The number of aliphatic hydroxyl groups is 1. The molecule has 0 saturated heterocycles. The van der Waals surface area contributed by atoms with Crippen LogP contribution in [0, 0.1) is 13.8 Å². The van der Waals surface area contributed by atoms with Gasteiger partial charge in [0, 0.05) is 30.9 Å². The molecule has 5 nitrogen and oxygen atoms in total. The van der Waals surface area contributed by atoms with E-state index in [1.165, 1.54) is 22.0 Å². The van der Waals surface area contributed by atoms with E-state index in [0.29, 0.717) is 12.1 Å². The summed E-state index contributed by atoms with van der Waals surface area (Å²) in [5.41, 5.74) is 4.05. The molecule has 23 heavy (non-hydrogen) atoms. The third-order valence-electron chi connectivity index (χ3n) is 4.60. The number of β-amino-alcohol motifs (C(OH)–C–C–N with tert-alkyl or cyclic N) is 1. The second-order valence-corrected chi connectivity index (χ2v) is 6.32. The molecule has 1 N–H and O–H groups in total. The van der Waals surface area contributed by atoms with Crippen LogP contribution in [0.1, 0.15) is 22.4 Å². The molecule has 0 radical (unpaired) electrons. The topological polar surface area (TPSA) is 58.4 Å². The lowest BCUT2D eigenvalue weighted by atomic mass is 10.00. The molecule has 0 saturated carbocycles. The number of hydrogen-bond donors (Lipinski definition) is 1. The van der Waals surface area contributed by atoms with Crippen LogP contribution < -0.4 is 5.56 Å². The minimum Gasteiger partial charge on any atom is -0.390 e. The Kier molecular flexibility index (Phi) is 4.59. The van der Waals surface area contributed by atoms with Crippen LogP contribution in [0.2, 0.25) is 0 Å². The molecule has 0 fully saturated rings. The number of aromatic nitrogens is 2. The Bertz CT molecular complexity index is 754. The molecule has 2 heterocycles. The van der Waals surface area contributed by atoms with E-state index < -0.39 is 6.10 Å². The van der Waals surface area contributed by atoms with Gasteiger partial charge in [-0.2, -0.15) is 0 Å². The van der Waals surface area contributed by atoms with Crippen LogP contribution in [0.4, 0.5) is 0 Å². The Balaban J connectivity index is 1.64. The minimum atomic E-state index is -0.582. The number of aryl methyl sites for hydroxylation is 1. The summed E-state index contributed by atoms with van der Waals surface area (Å²) in [5, 5.41) is 10.4. The van der Waals surface area contributed by atoms with Crippen LogP contribution in [0.3, 0.4) is 0 Å². The summed E-state index contributed by atoms with van der Waals surface area (Å²) < 4.78 is 1.50. The molecule has 2 aromatic rings. The van der Waals surface area contributed by atoms with E-state index in [9.17, 15) is 9.90 Å². The van der Waals surface area contributed by atoms with Crippen LogP contribution >= 0.6 is 0 Å². The molecule has 0 amide bonds. The number of nitrogens with zero attached hydrogens (tertiary/aromatic N) is 3. The van der Waals surface area contributed by atoms with Gasteiger partial charge in [-0.05, 0) is 31.4 Å². The largest absolute Gasteiger partial charge is 0.390 e. The molecule has 0 spiro atoms.